The van der Waals surface area contributed by atoms with Crippen LogP contribution in [0.2, 0.25) is 0 Å². The molecule has 1 fully saturated rings. The number of hydrogen-bond acceptors (Lipinski definition) is 6. The lowest BCUT2D eigenvalue weighted by atomic mass is 10.1. The van der Waals surface area contributed by atoms with E-state index in [0.29, 0.717) is 36.8 Å². The Morgan fingerprint density at radius 1 is 1.38 bits per heavy atom. The van der Waals surface area contributed by atoms with Crippen LogP contribution in [0.15, 0.2) is 24.3 Å². The highest BCUT2D eigenvalue weighted by Crippen LogP contribution is 2.20. The van der Waals surface area contributed by atoms with E-state index in [4.69, 9.17) is 17.0 Å². The van der Waals surface area contributed by atoms with Crippen molar-refractivity contribution in [2.24, 2.45) is 0 Å². The molecular weight excluding hydrogens is 372 g/mol. The largest absolute Gasteiger partial charge is 0.383 e. The van der Waals surface area contributed by atoms with Gasteiger partial charge in [0.1, 0.15) is 0 Å². The Kier molecular flexibility index (Phi) is 5.91. The third kappa shape index (κ3) is 4.59. The van der Waals surface area contributed by atoms with E-state index < -0.39 is 9.84 Å². The fraction of sp³-hybridized carbons (Fsp3) is 0.529. The van der Waals surface area contributed by atoms with Gasteiger partial charge in [-0.1, -0.05) is 29.8 Å². The third-order valence-electron chi connectivity index (χ3n) is 4.63. The van der Waals surface area contributed by atoms with Crippen LogP contribution in [-0.4, -0.2) is 65.9 Å². The first-order valence-electron chi connectivity index (χ1n) is 8.55. The summed E-state index contributed by atoms with van der Waals surface area (Å²) in [6, 6.07) is 8.03. The van der Waals surface area contributed by atoms with Gasteiger partial charge < -0.3 is 4.74 Å². The summed E-state index contributed by atoms with van der Waals surface area (Å²) < 4.78 is 31.1. The number of nitrogens with one attached hydrogen (secondary N) is 1. The molecule has 0 unspecified atom stereocenters. The molecule has 0 amide bonds. The summed E-state index contributed by atoms with van der Waals surface area (Å²) in [6.45, 7) is 3.66. The highest BCUT2D eigenvalue weighted by atomic mass is 32.2. The van der Waals surface area contributed by atoms with Gasteiger partial charge in [0.15, 0.2) is 15.7 Å². The zero-order valence-electron chi connectivity index (χ0n) is 15.0. The quantitative estimate of drug-likeness (QED) is 0.721. The topological polar surface area (TPSA) is 80.2 Å². The molecule has 1 N–H and O–H groups in total. The average molecular weight is 397 g/mol. The van der Waals surface area contributed by atoms with Gasteiger partial charge in [-0.3, -0.25) is 10.00 Å². The van der Waals surface area contributed by atoms with E-state index in [1.807, 2.05) is 31.2 Å². The molecule has 2 heterocycles. The van der Waals surface area contributed by atoms with Gasteiger partial charge in [0.05, 0.1) is 24.8 Å². The monoisotopic (exact) mass is 396 g/mol. The minimum atomic E-state index is -2.95. The van der Waals surface area contributed by atoms with Gasteiger partial charge in [0, 0.05) is 25.3 Å². The van der Waals surface area contributed by atoms with Gasteiger partial charge in [-0.25, -0.2) is 13.1 Å². The number of nitrogens with zero attached hydrogens (tertiary/aromatic N) is 3. The van der Waals surface area contributed by atoms with Crippen molar-refractivity contribution >= 4 is 22.1 Å². The second-order valence-electron chi connectivity index (χ2n) is 6.65. The summed E-state index contributed by atoms with van der Waals surface area (Å²) >= 11 is 5.39. The molecule has 1 atom stereocenters. The molecule has 0 radical (unpaired) electrons. The van der Waals surface area contributed by atoms with Crippen molar-refractivity contribution < 1.29 is 13.2 Å². The van der Waals surface area contributed by atoms with Crippen LogP contribution in [0.3, 0.4) is 0 Å². The maximum Gasteiger partial charge on any atom is 0.217 e. The Morgan fingerprint density at radius 2 is 2.12 bits per heavy atom. The number of hydrogen-bond donors (Lipinski definition) is 1. The van der Waals surface area contributed by atoms with E-state index in [9.17, 15) is 8.42 Å². The summed E-state index contributed by atoms with van der Waals surface area (Å²) in [5, 5.41) is 3.24. The molecule has 142 valence electrons. The number of aromatic nitrogens is 3. The van der Waals surface area contributed by atoms with Crippen molar-refractivity contribution in [1.29, 1.82) is 0 Å². The molecule has 0 bridgehead atoms. The van der Waals surface area contributed by atoms with Crippen LogP contribution in [0.25, 0.3) is 11.4 Å². The Labute approximate surface area is 158 Å². The summed E-state index contributed by atoms with van der Waals surface area (Å²) in [6.07, 6.45) is 0.637. The van der Waals surface area contributed by atoms with Gasteiger partial charge in [-0.05, 0) is 25.6 Å². The second-order valence-corrected chi connectivity index (χ2v) is 9.25. The predicted octanol–water partition coefficient (Wildman–Crippen LogP) is 2.01. The number of sulfone groups is 1. The first kappa shape index (κ1) is 19.2. The van der Waals surface area contributed by atoms with Crippen LogP contribution in [0, 0.1) is 11.7 Å². The predicted molar refractivity (Wildman–Crippen MR) is 103 cm³/mol. The van der Waals surface area contributed by atoms with E-state index in [0.717, 1.165) is 5.56 Å². The molecule has 1 aromatic carbocycles. The smallest absolute Gasteiger partial charge is 0.217 e. The van der Waals surface area contributed by atoms with Gasteiger partial charge in [-0.15, -0.1) is 0 Å². The van der Waals surface area contributed by atoms with Gasteiger partial charge in [0.25, 0.3) is 0 Å². The molecule has 3 rings (SSSR count). The highest BCUT2D eigenvalue weighted by molar-refractivity contribution is 7.91. The number of ether oxygens (including phenoxy) is 1. The van der Waals surface area contributed by atoms with Crippen LogP contribution in [0.5, 0.6) is 0 Å². The molecule has 0 aliphatic carbocycles. The minimum Gasteiger partial charge on any atom is -0.383 e. The van der Waals surface area contributed by atoms with Crippen molar-refractivity contribution in [3.63, 3.8) is 0 Å². The third-order valence-corrected chi connectivity index (χ3v) is 6.70. The zero-order valence-corrected chi connectivity index (χ0v) is 16.6. The lowest BCUT2D eigenvalue weighted by Gasteiger charge is -2.27. The molecule has 0 spiro atoms. The molecule has 26 heavy (non-hydrogen) atoms. The van der Waals surface area contributed by atoms with Crippen molar-refractivity contribution in [1.82, 2.24) is 19.7 Å². The zero-order chi connectivity index (χ0) is 18.7. The van der Waals surface area contributed by atoms with Gasteiger partial charge >= 0.3 is 0 Å². The molecule has 1 aromatic heterocycles. The Hall–Kier alpha value is -1.55. The van der Waals surface area contributed by atoms with Crippen LogP contribution < -0.4 is 0 Å². The van der Waals surface area contributed by atoms with E-state index in [1.54, 1.807) is 11.8 Å². The maximum atomic E-state index is 11.8. The Bertz CT molecular complexity index is 903. The van der Waals surface area contributed by atoms with Crippen LogP contribution in [0.4, 0.5) is 0 Å². The second kappa shape index (κ2) is 7.99. The van der Waals surface area contributed by atoms with Crippen molar-refractivity contribution in [2.75, 3.05) is 31.8 Å². The fourth-order valence-electron chi connectivity index (χ4n) is 3.12. The molecule has 1 saturated heterocycles. The lowest BCUT2D eigenvalue weighted by molar-refractivity contribution is 0.0982. The van der Waals surface area contributed by atoms with Crippen molar-refractivity contribution in [3.8, 4) is 11.4 Å². The summed E-state index contributed by atoms with van der Waals surface area (Å²) in [5.41, 5.74) is 2.15. The van der Waals surface area contributed by atoms with Gasteiger partial charge in [0.2, 0.25) is 4.77 Å². The normalized spacial score (nSPS) is 19.3. The first-order chi connectivity index (χ1) is 12.4. The van der Waals surface area contributed by atoms with Crippen LogP contribution in [0.1, 0.15) is 12.0 Å². The number of aromatic amines is 1. The molecule has 1 aliphatic rings. The molecular formula is C17H24N4O3S2. The van der Waals surface area contributed by atoms with Gasteiger partial charge in [-0.2, -0.15) is 4.98 Å². The lowest BCUT2D eigenvalue weighted by Crippen LogP contribution is -2.40. The van der Waals surface area contributed by atoms with Crippen molar-refractivity contribution in [3.05, 3.63) is 34.6 Å². The minimum absolute atomic E-state index is 0.0248. The van der Waals surface area contributed by atoms with E-state index in [2.05, 4.69) is 15.0 Å². The summed E-state index contributed by atoms with van der Waals surface area (Å²) in [5.74, 6) is 1.13. The number of methoxy groups -OCH3 is 1. The van der Waals surface area contributed by atoms with Crippen LogP contribution in [-0.2, 0) is 21.2 Å². The maximum absolute atomic E-state index is 11.8. The number of aryl methyl sites for hydroxylation is 1. The van der Waals surface area contributed by atoms with Crippen molar-refractivity contribution in [2.45, 2.75) is 26.1 Å². The highest BCUT2D eigenvalue weighted by Gasteiger charge is 2.32. The number of benzene rings is 1. The first-order valence-corrected chi connectivity index (χ1v) is 10.8. The number of H-pyrrole nitrogens is 1. The fourth-order valence-corrected chi connectivity index (χ4v) is 5.07. The summed E-state index contributed by atoms with van der Waals surface area (Å²) in [7, 11) is -1.31. The molecule has 0 saturated carbocycles. The molecule has 9 heteroatoms. The SMILES string of the molecule is COCCN(Cn1[nH]c(-c2ccc(C)cc2)nc1=S)[C@@H]1CCS(=O)(=O)C1. The van der Waals surface area contributed by atoms with Crippen LogP contribution >= 0.6 is 12.2 Å². The Morgan fingerprint density at radius 3 is 2.73 bits per heavy atom. The standard InChI is InChI=1S/C17H24N4O3S2/c1-13-3-5-14(6-4-13)16-18-17(25)21(19-16)12-20(8-9-24-2)15-7-10-26(22,23)11-15/h3-6,15H,7-12H2,1-2H3,(H,18,19,25)/t15-/m1/s1. The van der Waals surface area contributed by atoms with E-state index in [1.165, 1.54) is 5.56 Å². The number of rotatable bonds is 7. The molecule has 2 aromatic rings. The summed E-state index contributed by atoms with van der Waals surface area (Å²) in [4.78, 5) is 6.54. The average Bonchev–Trinajstić information content (AvgIpc) is 3.14. The molecule has 7 nitrogen and oxygen atoms in total. The van der Waals surface area contributed by atoms with E-state index in [-0.39, 0.29) is 17.5 Å². The molecule has 1 aliphatic heterocycles. The van der Waals surface area contributed by atoms with E-state index >= 15 is 0 Å². The Balaban J connectivity index is 1.80.